The van der Waals surface area contributed by atoms with Crippen LogP contribution in [0.5, 0.6) is 23.0 Å². The van der Waals surface area contributed by atoms with E-state index in [9.17, 15) is 4.79 Å². The number of benzene rings is 3. The van der Waals surface area contributed by atoms with Crippen LogP contribution in [0.2, 0.25) is 0 Å². The lowest BCUT2D eigenvalue weighted by atomic mass is 10.0. The van der Waals surface area contributed by atoms with Crippen LogP contribution in [0.4, 0.5) is 0 Å². The summed E-state index contributed by atoms with van der Waals surface area (Å²) in [6.07, 6.45) is 3.94. The molecule has 0 N–H and O–H groups in total. The standard InChI is InChI=1S/C28H29NO4/c1-20-7-12-23(29(20)28(30)22-11-16-26-27(19-22)32-18-17-31-26)13-8-21-9-14-25(15-10-21)33-24-5-3-2-4-6-24/h2-6,9-11,14-16,19-20,23H,7-8,12-13,17-18H2,1H3/t20-,23-/m1/s1. The number of carbonyl (C=O) groups excluding carboxylic acids is 1. The van der Waals surface area contributed by atoms with Crippen molar-refractivity contribution in [3.05, 3.63) is 83.9 Å². The maximum absolute atomic E-state index is 13.4. The van der Waals surface area contributed by atoms with Gasteiger partial charge in [-0.25, -0.2) is 0 Å². The first-order valence-corrected chi connectivity index (χ1v) is 11.7. The smallest absolute Gasteiger partial charge is 0.254 e. The van der Waals surface area contributed by atoms with Gasteiger partial charge in [-0.2, -0.15) is 0 Å². The van der Waals surface area contributed by atoms with Crippen molar-refractivity contribution in [1.82, 2.24) is 4.90 Å². The summed E-state index contributed by atoms with van der Waals surface area (Å²) < 4.78 is 17.2. The fraction of sp³-hybridized carbons (Fsp3) is 0.321. The van der Waals surface area contributed by atoms with Crippen molar-refractivity contribution in [2.45, 2.75) is 44.7 Å². The summed E-state index contributed by atoms with van der Waals surface area (Å²) in [6.45, 7) is 3.21. The summed E-state index contributed by atoms with van der Waals surface area (Å²) in [7, 11) is 0. The van der Waals surface area contributed by atoms with E-state index >= 15 is 0 Å². The first kappa shape index (κ1) is 21.4. The van der Waals surface area contributed by atoms with Crippen LogP contribution in [-0.4, -0.2) is 36.1 Å². The number of carbonyl (C=O) groups is 1. The van der Waals surface area contributed by atoms with Crippen LogP contribution < -0.4 is 14.2 Å². The van der Waals surface area contributed by atoms with Crippen LogP contribution in [0.15, 0.2) is 72.8 Å². The Balaban J connectivity index is 1.22. The molecule has 2 aliphatic heterocycles. The Morgan fingerprint density at radius 2 is 1.64 bits per heavy atom. The van der Waals surface area contributed by atoms with Crippen LogP contribution in [-0.2, 0) is 6.42 Å². The Bertz CT molecular complexity index is 1100. The molecular weight excluding hydrogens is 414 g/mol. The zero-order valence-electron chi connectivity index (χ0n) is 18.9. The fourth-order valence-corrected chi connectivity index (χ4v) is 4.73. The summed E-state index contributed by atoms with van der Waals surface area (Å²) in [5.74, 6) is 3.11. The Labute approximate surface area is 194 Å². The molecule has 5 rings (SSSR count). The Morgan fingerprint density at radius 1 is 0.909 bits per heavy atom. The van der Waals surface area contributed by atoms with E-state index in [1.807, 2.05) is 60.7 Å². The third kappa shape index (κ3) is 4.82. The maximum Gasteiger partial charge on any atom is 0.254 e. The highest BCUT2D eigenvalue weighted by Crippen LogP contribution is 2.34. The minimum Gasteiger partial charge on any atom is -0.486 e. The molecule has 0 spiro atoms. The molecule has 1 saturated heterocycles. The van der Waals surface area contributed by atoms with Gasteiger partial charge in [-0.3, -0.25) is 4.79 Å². The number of nitrogens with zero attached hydrogens (tertiary/aromatic N) is 1. The van der Waals surface area contributed by atoms with Crippen LogP contribution in [0.25, 0.3) is 0 Å². The van der Waals surface area contributed by atoms with Crippen LogP contribution >= 0.6 is 0 Å². The average Bonchev–Trinajstić information content (AvgIpc) is 3.23. The number of ether oxygens (including phenoxy) is 3. The van der Waals surface area contributed by atoms with Gasteiger partial charge in [-0.15, -0.1) is 0 Å². The van der Waals surface area contributed by atoms with E-state index in [1.165, 1.54) is 5.56 Å². The molecule has 0 bridgehead atoms. The second kappa shape index (κ2) is 9.57. The van der Waals surface area contributed by atoms with Gasteiger partial charge in [0.2, 0.25) is 0 Å². The molecule has 0 saturated carbocycles. The predicted octanol–water partition coefficient (Wildman–Crippen LogP) is 5.88. The molecule has 5 nitrogen and oxygen atoms in total. The predicted molar refractivity (Wildman–Crippen MR) is 127 cm³/mol. The number of para-hydroxylation sites is 1. The Kier molecular flexibility index (Phi) is 6.20. The average molecular weight is 444 g/mol. The van der Waals surface area contributed by atoms with Gasteiger partial charge in [0.15, 0.2) is 11.5 Å². The van der Waals surface area contributed by atoms with E-state index in [2.05, 4.69) is 24.0 Å². The Morgan fingerprint density at radius 3 is 2.42 bits per heavy atom. The lowest BCUT2D eigenvalue weighted by Gasteiger charge is -2.29. The topological polar surface area (TPSA) is 48.0 Å². The zero-order valence-corrected chi connectivity index (χ0v) is 18.9. The van der Waals surface area contributed by atoms with Crippen molar-refractivity contribution < 1.29 is 19.0 Å². The summed E-state index contributed by atoms with van der Waals surface area (Å²) >= 11 is 0. The first-order valence-electron chi connectivity index (χ1n) is 11.7. The number of aryl methyl sites for hydroxylation is 1. The molecule has 1 amide bonds. The molecule has 3 aromatic carbocycles. The lowest BCUT2D eigenvalue weighted by molar-refractivity contribution is 0.0671. The van der Waals surface area contributed by atoms with Gasteiger partial charge in [0.1, 0.15) is 24.7 Å². The third-order valence-electron chi connectivity index (χ3n) is 6.48. The molecular formula is C28H29NO4. The monoisotopic (exact) mass is 443 g/mol. The SMILES string of the molecule is C[C@@H]1CC[C@H](CCc2ccc(Oc3ccccc3)cc2)N1C(=O)c1ccc2c(c1)OCCO2. The maximum atomic E-state index is 13.4. The molecule has 0 aliphatic carbocycles. The second-order valence-corrected chi connectivity index (χ2v) is 8.75. The minimum absolute atomic E-state index is 0.0774. The van der Waals surface area contributed by atoms with Crippen LogP contribution in [0.1, 0.15) is 42.1 Å². The highest BCUT2D eigenvalue weighted by Gasteiger charge is 2.34. The number of likely N-dealkylation sites (tertiary alicyclic amines) is 1. The molecule has 1 fully saturated rings. The molecule has 3 aromatic rings. The molecule has 0 radical (unpaired) electrons. The molecule has 33 heavy (non-hydrogen) atoms. The van der Waals surface area contributed by atoms with E-state index in [1.54, 1.807) is 0 Å². The second-order valence-electron chi connectivity index (χ2n) is 8.75. The first-order chi connectivity index (χ1) is 16.2. The summed E-state index contributed by atoms with van der Waals surface area (Å²) in [6, 6.07) is 24.0. The molecule has 2 atom stereocenters. The van der Waals surface area contributed by atoms with Gasteiger partial charge in [0.05, 0.1) is 0 Å². The highest BCUT2D eigenvalue weighted by atomic mass is 16.6. The molecule has 2 heterocycles. The van der Waals surface area contributed by atoms with E-state index in [0.717, 1.165) is 37.2 Å². The van der Waals surface area contributed by atoms with Crippen molar-refractivity contribution in [3.63, 3.8) is 0 Å². The van der Waals surface area contributed by atoms with E-state index in [-0.39, 0.29) is 18.0 Å². The van der Waals surface area contributed by atoms with Crippen molar-refractivity contribution >= 4 is 5.91 Å². The van der Waals surface area contributed by atoms with Crippen molar-refractivity contribution in [2.24, 2.45) is 0 Å². The van der Waals surface area contributed by atoms with Gasteiger partial charge >= 0.3 is 0 Å². The van der Waals surface area contributed by atoms with E-state index in [4.69, 9.17) is 14.2 Å². The molecule has 2 aliphatic rings. The zero-order chi connectivity index (χ0) is 22.6. The van der Waals surface area contributed by atoms with Gasteiger partial charge in [0.25, 0.3) is 5.91 Å². The molecule has 0 unspecified atom stereocenters. The third-order valence-corrected chi connectivity index (χ3v) is 6.48. The normalized spacial score (nSPS) is 19.4. The van der Waals surface area contributed by atoms with Gasteiger partial charge in [-0.05, 0) is 80.6 Å². The molecule has 0 aromatic heterocycles. The fourth-order valence-electron chi connectivity index (χ4n) is 4.73. The minimum atomic E-state index is 0.0774. The lowest BCUT2D eigenvalue weighted by Crippen LogP contribution is -2.40. The number of hydrogen-bond donors (Lipinski definition) is 0. The van der Waals surface area contributed by atoms with Crippen LogP contribution in [0, 0.1) is 0 Å². The van der Waals surface area contributed by atoms with E-state index in [0.29, 0.717) is 30.3 Å². The largest absolute Gasteiger partial charge is 0.486 e. The number of hydrogen-bond acceptors (Lipinski definition) is 4. The molecule has 170 valence electrons. The van der Waals surface area contributed by atoms with Gasteiger partial charge in [-0.1, -0.05) is 30.3 Å². The summed E-state index contributed by atoms with van der Waals surface area (Å²) in [5, 5.41) is 0. The van der Waals surface area contributed by atoms with Crippen molar-refractivity contribution in [1.29, 1.82) is 0 Å². The summed E-state index contributed by atoms with van der Waals surface area (Å²) in [5.41, 5.74) is 1.92. The molecule has 5 heteroatoms. The summed E-state index contributed by atoms with van der Waals surface area (Å²) in [4.78, 5) is 15.5. The number of fused-ring (bicyclic) bond motifs is 1. The van der Waals surface area contributed by atoms with Crippen molar-refractivity contribution in [3.8, 4) is 23.0 Å². The number of amides is 1. The van der Waals surface area contributed by atoms with Crippen molar-refractivity contribution in [2.75, 3.05) is 13.2 Å². The highest BCUT2D eigenvalue weighted by molar-refractivity contribution is 5.95. The van der Waals surface area contributed by atoms with E-state index < -0.39 is 0 Å². The van der Waals surface area contributed by atoms with Gasteiger partial charge < -0.3 is 19.1 Å². The van der Waals surface area contributed by atoms with Gasteiger partial charge in [0, 0.05) is 17.6 Å². The Hall–Kier alpha value is -3.47. The number of rotatable bonds is 6. The van der Waals surface area contributed by atoms with Crippen LogP contribution in [0.3, 0.4) is 0 Å². The quantitative estimate of drug-likeness (QED) is 0.478.